The van der Waals surface area contributed by atoms with Crippen LogP contribution >= 0.6 is 23.1 Å². The standard InChI is InChI=1S/C18H16N4O2S2/c1-25-14-7-5-11(6-8-14)15-10-26-18(21-15)22-16(23)12-3-2-4-13(9-12)20-17(19)24/h2-10H,1H3,(H3,19,20,24)(H,21,22,23). The minimum Gasteiger partial charge on any atom is -0.351 e. The van der Waals surface area contributed by atoms with Crippen LogP contribution in [0.2, 0.25) is 0 Å². The molecule has 3 rings (SSSR count). The van der Waals surface area contributed by atoms with Crippen LogP contribution in [0.1, 0.15) is 10.4 Å². The molecule has 1 heterocycles. The van der Waals surface area contributed by atoms with Crippen molar-refractivity contribution in [1.29, 1.82) is 0 Å². The number of benzene rings is 2. The van der Waals surface area contributed by atoms with Gasteiger partial charge in [0.25, 0.3) is 5.91 Å². The van der Waals surface area contributed by atoms with Gasteiger partial charge in [0.1, 0.15) is 0 Å². The van der Waals surface area contributed by atoms with Crippen molar-refractivity contribution < 1.29 is 9.59 Å². The summed E-state index contributed by atoms with van der Waals surface area (Å²) < 4.78 is 0. The predicted molar refractivity (Wildman–Crippen MR) is 107 cm³/mol. The summed E-state index contributed by atoms with van der Waals surface area (Å²) in [5.74, 6) is -0.309. The third-order valence-corrected chi connectivity index (χ3v) is 5.00. The van der Waals surface area contributed by atoms with E-state index in [1.807, 2.05) is 35.9 Å². The molecule has 0 aliphatic rings. The third-order valence-electron chi connectivity index (χ3n) is 3.50. The fourth-order valence-corrected chi connectivity index (χ4v) is 3.40. The Hall–Kier alpha value is -2.84. The molecule has 3 amide bonds. The summed E-state index contributed by atoms with van der Waals surface area (Å²) in [6.45, 7) is 0. The molecule has 0 atom stereocenters. The monoisotopic (exact) mass is 384 g/mol. The van der Waals surface area contributed by atoms with Gasteiger partial charge in [-0.25, -0.2) is 9.78 Å². The van der Waals surface area contributed by atoms with Crippen molar-refractivity contribution >= 4 is 45.9 Å². The number of anilines is 2. The number of nitrogens with zero attached hydrogens (tertiary/aromatic N) is 1. The number of thiazole rings is 1. The first-order chi connectivity index (χ1) is 12.5. The lowest BCUT2D eigenvalue weighted by Crippen LogP contribution is -2.19. The summed E-state index contributed by atoms with van der Waals surface area (Å²) in [5, 5.41) is 7.62. The molecule has 0 saturated heterocycles. The van der Waals surface area contributed by atoms with E-state index in [9.17, 15) is 9.59 Å². The Morgan fingerprint density at radius 2 is 1.88 bits per heavy atom. The van der Waals surface area contributed by atoms with E-state index in [1.54, 1.807) is 36.0 Å². The second-order valence-electron chi connectivity index (χ2n) is 5.29. The first-order valence-corrected chi connectivity index (χ1v) is 9.73. The van der Waals surface area contributed by atoms with Gasteiger partial charge in [-0.1, -0.05) is 18.2 Å². The molecule has 0 spiro atoms. The number of rotatable bonds is 5. The molecule has 0 fully saturated rings. The number of hydrogen-bond acceptors (Lipinski definition) is 5. The number of amides is 3. The van der Waals surface area contributed by atoms with E-state index in [0.29, 0.717) is 16.4 Å². The first kappa shape index (κ1) is 18.0. The maximum atomic E-state index is 12.4. The van der Waals surface area contributed by atoms with Crippen LogP contribution in [0.4, 0.5) is 15.6 Å². The number of aromatic nitrogens is 1. The van der Waals surface area contributed by atoms with Crippen molar-refractivity contribution in [2.24, 2.45) is 5.73 Å². The summed E-state index contributed by atoms with van der Waals surface area (Å²) in [4.78, 5) is 29.0. The average Bonchev–Trinajstić information content (AvgIpc) is 3.10. The van der Waals surface area contributed by atoms with E-state index < -0.39 is 6.03 Å². The van der Waals surface area contributed by atoms with Crippen molar-refractivity contribution in [2.75, 3.05) is 16.9 Å². The highest BCUT2D eigenvalue weighted by atomic mass is 32.2. The molecular weight excluding hydrogens is 368 g/mol. The summed E-state index contributed by atoms with van der Waals surface area (Å²) >= 11 is 3.03. The minimum absolute atomic E-state index is 0.309. The van der Waals surface area contributed by atoms with Gasteiger partial charge in [-0.3, -0.25) is 10.1 Å². The lowest BCUT2D eigenvalue weighted by atomic mass is 10.2. The molecule has 0 saturated carbocycles. The number of urea groups is 1. The van der Waals surface area contributed by atoms with Crippen molar-refractivity contribution in [3.05, 3.63) is 59.5 Å². The highest BCUT2D eigenvalue weighted by molar-refractivity contribution is 7.98. The van der Waals surface area contributed by atoms with Gasteiger partial charge in [0.15, 0.2) is 5.13 Å². The van der Waals surface area contributed by atoms with Gasteiger partial charge in [-0.2, -0.15) is 0 Å². The van der Waals surface area contributed by atoms with Gasteiger partial charge in [0, 0.05) is 27.1 Å². The molecule has 4 N–H and O–H groups in total. The average molecular weight is 384 g/mol. The minimum atomic E-state index is -0.681. The molecule has 132 valence electrons. The van der Waals surface area contributed by atoms with E-state index in [4.69, 9.17) is 5.73 Å². The molecule has 0 unspecified atom stereocenters. The molecule has 0 bridgehead atoms. The fourth-order valence-electron chi connectivity index (χ4n) is 2.28. The lowest BCUT2D eigenvalue weighted by Gasteiger charge is -2.05. The molecule has 6 nitrogen and oxygen atoms in total. The van der Waals surface area contributed by atoms with E-state index >= 15 is 0 Å². The van der Waals surface area contributed by atoms with Crippen LogP contribution in [0.15, 0.2) is 58.8 Å². The van der Waals surface area contributed by atoms with Crippen molar-refractivity contribution in [3.63, 3.8) is 0 Å². The Balaban J connectivity index is 1.72. The highest BCUT2D eigenvalue weighted by Gasteiger charge is 2.11. The molecule has 3 aromatic rings. The Morgan fingerprint density at radius 3 is 2.58 bits per heavy atom. The summed E-state index contributed by atoms with van der Waals surface area (Å²) in [7, 11) is 0. The van der Waals surface area contributed by atoms with Crippen LogP contribution in [0.5, 0.6) is 0 Å². The molecule has 2 aromatic carbocycles. The van der Waals surface area contributed by atoms with Crippen molar-refractivity contribution in [1.82, 2.24) is 4.98 Å². The highest BCUT2D eigenvalue weighted by Crippen LogP contribution is 2.27. The molecule has 1 aromatic heterocycles. The zero-order valence-electron chi connectivity index (χ0n) is 13.9. The molecule has 0 aliphatic carbocycles. The smallest absolute Gasteiger partial charge is 0.316 e. The molecule has 0 aliphatic heterocycles. The van der Waals surface area contributed by atoms with Crippen LogP contribution in [-0.4, -0.2) is 23.2 Å². The Bertz CT molecular complexity index is 938. The van der Waals surface area contributed by atoms with Crippen LogP contribution in [0.3, 0.4) is 0 Å². The quantitative estimate of drug-likeness (QED) is 0.572. The van der Waals surface area contributed by atoms with E-state index in [-0.39, 0.29) is 5.91 Å². The predicted octanol–water partition coefficient (Wildman–Crippen LogP) is 4.27. The van der Waals surface area contributed by atoms with Gasteiger partial charge < -0.3 is 11.1 Å². The number of hydrogen-bond donors (Lipinski definition) is 3. The van der Waals surface area contributed by atoms with Gasteiger partial charge in [0.2, 0.25) is 0 Å². The largest absolute Gasteiger partial charge is 0.351 e. The van der Waals surface area contributed by atoms with Gasteiger partial charge in [-0.05, 0) is 36.6 Å². The summed E-state index contributed by atoms with van der Waals surface area (Å²) in [6.07, 6.45) is 2.03. The number of nitrogens with two attached hydrogens (primary N) is 1. The van der Waals surface area contributed by atoms with E-state index in [1.165, 1.54) is 16.2 Å². The lowest BCUT2D eigenvalue weighted by molar-refractivity contribution is 0.102. The topological polar surface area (TPSA) is 97.1 Å². The third kappa shape index (κ3) is 4.41. The SMILES string of the molecule is CSc1ccc(-c2csc(NC(=O)c3cccc(NC(N)=O)c3)n2)cc1. The Labute approximate surface area is 158 Å². The first-order valence-electron chi connectivity index (χ1n) is 7.63. The number of thioether (sulfide) groups is 1. The second-order valence-corrected chi connectivity index (χ2v) is 7.03. The normalized spacial score (nSPS) is 10.3. The van der Waals surface area contributed by atoms with Crippen LogP contribution in [0.25, 0.3) is 11.3 Å². The van der Waals surface area contributed by atoms with Crippen LogP contribution in [0, 0.1) is 0 Å². The van der Waals surface area contributed by atoms with Gasteiger partial charge >= 0.3 is 6.03 Å². The Morgan fingerprint density at radius 1 is 1.12 bits per heavy atom. The number of primary amides is 1. The maximum absolute atomic E-state index is 12.4. The van der Waals surface area contributed by atoms with E-state index in [0.717, 1.165) is 11.3 Å². The maximum Gasteiger partial charge on any atom is 0.316 e. The summed E-state index contributed by atoms with van der Waals surface area (Å²) in [6, 6.07) is 13.9. The van der Waals surface area contributed by atoms with Crippen LogP contribution in [-0.2, 0) is 0 Å². The second kappa shape index (κ2) is 8.03. The fraction of sp³-hybridized carbons (Fsp3) is 0.0556. The number of carbonyl (C=O) groups excluding carboxylic acids is 2. The zero-order valence-corrected chi connectivity index (χ0v) is 15.5. The molecule has 0 radical (unpaired) electrons. The Kier molecular flexibility index (Phi) is 5.55. The molecule has 8 heteroatoms. The van der Waals surface area contributed by atoms with Crippen molar-refractivity contribution in [2.45, 2.75) is 4.90 Å². The van der Waals surface area contributed by atoms with E-state index in [2.05, 4.69) is 15.6 Å². The molecule has 26 heavy (non-hydrogen) atoms. The van der Waals surface area contributed by atoms with Gasteiger partial charge in [0.05, 0.1) is 5.69 Å². The summed E-state index contributed by atoms with van der Waals surface area (Å²) in [5.41, 5.74) is 7.75. The number of carbonyl (C=O) groups is 2. The molecular formula is C18H16N4O2S2. The van der Waals surface area contributed by atoms with Gasteiger partial charge in [-0.15, -0.1) is 23.1 Å². The van der Waals surface area contributed by atoms with Crippen molar-refractivity contribution in [3.8, 4) is 11.3 Å². The zero-order chi connectivity index (χ0) is 18.5. The van der Waals surface area contributed by atoms with Crippen LogP contribution < -0.4 is 16.4 Å². The number of nitrogens with one attached hydrogen (secondary N) is 2.